The number of ether oxygens (including phenoxy) is 3. The van der Waals surface area contributed by atoms with Crippen molar-refractivity contribution in [2.75, 3.05) is 26.4 Å². The molecule has 2 aliphatic heterocycles. The van der Waals surface area contributed by atoms with Crippen molar-refractivity contribution in [3.05, 3.63) is 108 Å². The second-order valence-electron chi connectivity index (χ2n) is 8.74. The SMILES string of the molecule is C=CCOc1ccc(C2C(=C([O-])c3ccc4c(c3)OCCO4)C(=O)C(=O)N2CCc2ccccc2)cc1. The van der Waals surface area contributed by atoms with Crippen LogP contribution in [0.4, 0.5) is 0 Å². The van der Waals surface area contributed by atoms with Crippen LogP contribution in [0.3, 0.4) is 0 Å². The van der Waals surface area contributed by atoms with Gasteiger partial charge in [0.15, 0.2) is 11.5 Å². The Bertz CT molecular complexity index is 1350. The number of hydrogen-bond acceptors (Lipinski definition) is 6. The van der Waals surface area contributed by atoms with Gasteiger partial charge in [-0.05, 0) is 47.4 Å². The molecule has 0 aromatic heterocycles. The van der Waals surface area contributed by atoms with Crippen molar-refractivity contribution in [1.82, 2.24) is 4.90 Å². The minimum atomic E-state index is -0.821. The molecule has 1 atom stereocenters. The number of ketones is 1. The van der Waals surface area contributed by atoms with Crippen LogP contribution in [0.2, 0.25) is 0 Å². The molecule has 5 rings (SSSR count). The number of likely N-dealkylation sites (tertiary alicyclic amines) is 1. The second-order valence-corrected chi connectivity index (χ2v) is 8.74. The first-order valence-corrected chi connectivity index (χ1v) is 12.1. The fourth-order valence-corrected chi connectivity index (χ4v) is 4.58. The third-order valence-corrected chi connectivity index (χ3v) is 6.38. The van der Waals surface area contributed by atoms with E-state index in [-0.39, 0.29) is 17.7 Å². The molecule has 2 aliphatic rings. The molecule has 0 aliphatic carbocycles. The van der Waals surface area contributed by atoms with Gasteiger partial charge in [-0.1, -0.05) is 66.9 Å². The summed E-state index contributed by atoms with van der Waals surface area (Å²) in [5.41, 5.74) is 1.87. The molecule has 3 aromatic carbocycles. The van der Waals surface area contributed by atoms with Gasteiger partial charge in [0.25, 0.3) is 5.91 Å². The number of Topliss-reactive ketones (excluding diaryl/α,β-unsaturated/α-hetero) is 1. The summed E-state index contributed by atoms with van der Waals surface area (Å²) in [6, 6.07) is 20.8. The number of rotatable bonds is 8. The fourth-order valence-electron chi connectivity index (χ4n) is 4.58. The molecular formula is C30H26NO6-. The molecule has 2 heterocycles. The van der Waals surface area contributed by atoms with Crippen molar-refractivity contribution in [2.24, 2.45) is 0 Å². The first-order chi connectivity index (χ1) is 18.1. The number of amides is 1. The maximum absolute atomic E-state index is 13.7. The summed E-state index contributed by atoms with van der Waals surface area (Å²) < 4.78 is 16.8. The van der Waals surface area contributed by atoms with E-state index >= 15 is 0 Å². The quantitative estimate of drug-likeness (QED) is 0.205. The van der Waals surface area contributed by atoms with Gasteiger partial charge < -0.3 is 24.2 Å². The standard InChI is InChI=1S/C30H27NO6/c1-2-16-35-23-11-8-21(9-12-23)27-26(28(32)22-10-13-24-25(19-22)37-18-17-36-24)29(33)30(34)31(27)15-14-20-6-4-3-5-7-20/h2-13,19,27,32H,1,14-18H2/p-1. The van der Waals surface area contributed by atoms with E-state index in [1.54, 1.807) is 48.5 Å². The van der Waals surface area contributed by atoms with Gasteiger partial charge in [-0.25, -0.2) is 0 Å². The number of fused-ring (bicyclic) bond motifs is 1. The van der Waals surface area contributed by atoms with E-state index in [9.17, 15) is 14.7 Å². The molecular weight excluding hydrogens is 470 g/mol. The average Bonchev–Trinajstić information content (AvgIpc) is 3.20. The van der Waals surface area contributed by atoms with Crippen molar-refractivity contribution in [1.29, 1.82) is 0 Å². The molecule has 0 N–H and O–H groups in total. The largest absolute Gasteiger partial charge is 0.872 e. The molecule has 37 heavy (non-hydrogen) atoms. The smallest absolute Gasteiger partial charge is 0.295 e. The molecule has 7 nitrogen and oxygen atoms in total. The normalized spacial score (nSPS) is 18.1. The fraction of sp³-hybridized carbons (Fsp3) is 0.200. The second kappa shape index (κ2) is 10.6. The first kappa shape index (κ1) is 24.2. The highest BCUT2D eigenvalue weighted by Crippen LogP contribution is 2.40. The number of carbonyl (C=O) groups excluding carboxylic acids is 2. The highest BCUT2D eigenvalue weighted by atomic mass is 16.6. The molecule has 0 bridgehead atoms. The van der Waals surface area contributed by atoms with Crippen molar-refractivity contribution < 1.29 is 28.9 Å². The van der Waals surface area contributed by atoms with Crippen LogP contribution in [0.15, 0.2) is 91.0 Å². The molecule has 0 saturated carbocycles. The van der Waals surface area contributed by atoms with Crippen LogP contribution in [0.25, 0.3) is 5.76 Å². The molecule has 0 radical (unpaired) electrons. The predicted molar refractivity (Wildman–Crippen MR) is 136 cm³/mol. The maximum atomic E-state index is 13.7. The summed E-state index contributed by atoms with van der Waals surface area (Å²) >= 11 is 0. The summed E-state index contributed by atoms with van der Waals surface area (Å²) in [7, 11) is 0. The lowest BCUT2D eigenvalue weighted by atomic mass is 9.95. The highest BCUT2D eigenvalue weighted by Gasteiger charge is 2.44. The van der Waals surface area contributed by atoms with E-state index in [2.05, 4.69) is 6.58 Å². The van der Waals surface area contributed by atoms with Gasteiger partial charge in [-0.15, -0.1) is 0 Å². The summed E-state index contributed by atoms with van der Waals surface area (Å²) in [5, 5.41) is 13.7. The van der Waals surface area contributed by atoms with E-state index in [1.165, 1.54) is 4.90 Å². The van der Waals surface area contributed by atoms with Gasteiger partial charge >= 0.3 is 0 Å². The summed E-state index contributed by atoms with van der Waals surface area (Å²) in [5.74, 6) is -0.378. The van der Waals surface area contributed by atoms with Gasteiger partial charge in [0.1, 0.15) is 25.6 Å². The van der Waals surface area contributed by atoms with Gasteiger partial charge in [0, 0.05) is 12.1 Å². The third kappa shape index (κ3) is 4.93. The van der Waals surface area contributed by atoms with E-state index in [0.717, 1.165) is 5.56 Å². The monoisotopic (exact) mass is 496 g/mol. The Morgan fingerprint density at radius 3 is 2.46 bits per heavy atom. The van der Waals surface area contributed by atoms with Crippen molar-refractivity contribution in [3.63, 3.8) is 0 Å². The van der Waals surface area contributed by atoms with Crippen LogP contribution in [0.5, 0.6) is 17.2 Å². The Morgan fingerprint density at radius 1 is 1.00 bits per heavy atom. The van der Waals surface area contributed by atoms with Crippen LogP contribution >= 0.6 is 0 Å². The molecule has 1 unspecified atom stereocenters. The zero-order valence-electron chi connectivity index (χ0n) is 20.2. The average molecular weight is 497 g/mol. The highest BCUT2D eigenvalue weighted by molar-refractivity contribution is 6.46. The summed E-state index contributed by atoms with van der Waals surface area (Å²) in [6.07, 6.45) is 2.19. The van der Waals surface area contributed by atoms with Gasteiger partial charge in [0.05, 0.1) is 6.04 Å². The zero-order chi connectivity index (χ0) is 25.8. The van der Waals surface area contributed by atoms with E-state index in [0.29, 0.717) is 49.1 Å². The minimum absolute atomic E-state index is 0.0745. The topological polar surface area (TPSA) is 88.1 Å². The number of benzene rings is 3. The van der Waals surface area contributed by atoms with Crippen molar-refractivity contribution in [3.8, 4) is 17.2 Å². The lowest BCUT2D eigenvalue weighted by Gasteiger charge is -2.28. The Hall–Kier alpha value is -4.52. The zero-order valence-corrected chi connectivity index (χ0v) is 20.2. The molecule has 7 heteroatoms. The first-order valence-electron chi connectivity index (χ1n) is 12.1. The van der Waals surface area contributed by atoms with Gasteiger partial charge in [0.2, 0.25) is 5.78 Å². The Kier molecular flexibility index (Phi) is 6.94. The van der Waals surface area contributed by atoms with E-state index in [4.69, 9.17) is 14.2 Å². The van der Waals surface area contributed by atoms with Crippen LogP contribution in [-0.4, -0.2) is 43.0 Å². The number of carbonyl (C=O) groups is 2. The van der Waals surface area contributed by atoms with E-state index in [1.807, 2.05) is 30.3 Å². The van der Waals surface area contributed by atoms with Crippen LogP contribution < -0.4 is 19.3 Å². The molecule has 188 valence electrons. The van der Waals surface area contributed by atoms with E-state index < -0.39 is 23.5 Å². The lowest BCUT2D eigenvalue weighted by Crippen LogP contribution is -2.31. The van der Waals surface area contributed by atoms with Crippen molar-refractivity contribution in [2.45, 2.75) is 12.5 Å². The number of hydrogen-bond donors (Lipinski definition) is 0. The maximum Gasteiger partial charge on any atom is 0.295 e. The van der Waals surface area contributed by atoms with Gasteiger partial charge in [-0.2, -0.15) is 0 Å². The Labute approximate surface area is 215 Å². The summed E-state index contributed by atoms with van der Waals surface area (Å²) in [4.78, 5) is 28.0. The molecule has 1 amide bonds. The minimum Gasteiger partial charge on any atom is -0.872 e. The Morgan fingerprint density at radius 2 is 1.73 bits per heavy atom. The molecule has 3 aromatic rings. The van der Waals surface area contributed by atoms with Gasteiger partial charge in [-0.3, -0.25) is 9.59 Å². The molecule has 0 spiro atoms. The predicted octanol–water partition coefficient (Wildman–Crippen LogP) is 3.49. The van der Waals surface area contributed by atoms with Crippen LogP contribution in [-0.2, 0) is 16.0 Å². The van der Waals surface area contributed by atoms with Crippen LogP contribution in [0.1, 0.15) is 22.7 Å². The molecule has 1 saturated heterocycles. The third-order valence-electron chi connectivity index (χ3n) is 6.38. The summed E-state index contributed by atoms with van der Waals surface area (Å²) in [6.45, 7) is 5.08. The lowest BCUT2D eigenvalue weighted by molar-refractivity contribution is -0.245. The Balaban J connectivity index is 1.55. The number of nitrogens with zero attached hydrogens (tertiary/aromatic N) is 1. The van der Waals surface area contributed by atoms with Crippen LogP contribution in [0, 0.1) is 0 Å². The molecule has 1 fully saturated rings. The van der Waals surface area contributed by atoms with Crippen molar-refractivity contribution >= 4 is 17.4 Å².